The van der Waals surface area contributed by atoms with Crippen LogP contribution in [0.1, 0.15) is 23.5 Å². The van der Waals surface area contributed by atoms with Crippen LogP contribution >= 0.6 is 11.6 Å². The minimum absolute atomic E-state index is 0.167. The van der Waals surface area contributed by atoms with E-state index in [9.17, 15) is 9.65 Å². The van der Waals surface area contributed by atoms with Crippen LogP contribution in [-0.4, -0.2) is 0 Å². The molecule has 3 rings (SSSR count). The maximum Gasteiger partial charge on any atom is 0.123 e. The average Bonchev–Trinajstić information content (AvgIpc) is 3.16. The fraction of sp³-hybridized carbons (Fsp3) is 0.188. The molecule has 0 saturated heterocycles. The molecule has 1 fully saturated rings. The second kappa shape index (κ2) is 4.36. The summed E-state index contributed by atoms with van der Waals surface area (Å²) < 4.78 is 13.0. The van der Waals surface area contributed by atoms with Gasteiger partial charge in [0.15, 0.2) is 0 Å². The largest absolute Gasteiger partial charge is 0.207 e. The van der Waals surface area contributed by atoms with Crippen LogP contribution in [0.25, 0.3) is 0 Å². The molecule has 2 aromatic carbocycles. The molecule has 2 aromatic rings. The van der Waals surface area contributed by atoms with Gasteiger partial charge in [0.1, 0.15) is 5.82 Å². The maximum atomic E-state index is 13.0. The SMILES string of the molecule is N#C[C@@]1(c2ccc(F)cc2)C[C@H]1c1ccc(Cl)cc1. The first-order valence-electron chi connectivity index (χ1n) is 6.08. The van der Waals surface area contributed by atoms with E-state index in [0.29, 0.717) is 5.02 Å². The molecule has 0 heterocycles. The molecule has 0 aliphatic heterocycles. The third-order valence-corrected chi connectivity index (χ3v) is 4.04. The first kappa shape index (κ1) is 12.2. The van der Waals surface area contributed by atoms with E-state index < -0.39 is 5.41 Å². The molecule has 1 aliphatic rings. The second-order valence-electron chi connectivity index (χ2n) is 4.90. The standard InChI is InChI=1S/C16H11ClFN/c17-13-5-1-11(2-6-13)15-9-16(15,10-19)12-3-7-14(18)8-4-12/h1-8,15H,9H2/t15-,16+/m0/s1. The van der Waals surface area contributed by atoms with Crippen LogP contribution in [0.4, 0.5) is 4.39 Å². The van der Waals surface area contributed by atoms with E-state index in [-0.39, 0.29) is 11.7 Å². The molecule has 0 radical (unpaired) electrons. The summed E-state index contributed by atoms with van der Waals surface area (Å²) in [5, 5.41) is 10.2. The minimum Gasteiger partial charge on any atom is -0.207 e. The van der Waals surface area contributed by atoms with E-state index in [4.69, 9.17) is 11.6 Å². The Balaban J connectivity index is 1.94. The first-order chi connectivity index (χ1) is 9.15. The highest BCUT2D eigenvalue weighted by molar-refractivity contribution is 6.30. The van der Waals surface area contributed by atoms with Gasteiger partial charge >= 0.3 is 0 Å². The summed E-state index contributed by atoms with van der Waals surface area (Å²) in [6, 6.07) is 16.2. The number of hydrogen-bond acceptors (Lipinski definition) is 1. The van der Waals surface area contributed by atoms with Crippen LogP contribution in [0.15, 0.2) is 48.5 Å². The quantitative estimate of drug-likeness (QED) is 0.793. The highest BCUT2D eigenvalue weighted by atomic mass is 35.5. The van der Waals surface area contributed by atoms with Crippen LogP contribution < -0.4 is 0 Å². The van der Waals surface area contributed by atoms with Crippen molar-refractivity contribution in [1.82, 2.24) is 0 Å². The lowest BCUT2D eigenvalue weighted by atomic mass is 9.92. The Morgan fingerprint density at radius 1 is 1.11 bits per heavy atom. The molecule has 1 saturated carbocycles. The van der Waals surface area contributed by atoms with Crippen molar-refractivity contribution in [2.24, 2.45) is 0 Å². The summed E-state index contributed by atoms with van der Waals surface area (Å²) in [6.45, 7) is 0. The molecule has 3 heteroatoms. The Hall–Kier alpha value is -1.85. The molecule has 19 heavy (non-hydrogen) atoms. The van der Waals surface area contributed by atoms with Gasteiger partial charge in [-0.05, 0) is 41.8 Å². The zero-order valence-electron chi connectivity index (χ0n) is 10.1. The molecule has 0 aromatic heterocycles. The normalized spacial score (nSPS) is 24.8. The Labute approximate surface area is 116 Å². The predicted molar refractivity (Wildman–Crippen MR) is 72.5 cm³/mol. The topological polar surface area (TPSA) is 23.8 Å². The minimum atomic E-state index is -0.512. The Bertz CT molecular complexity index is 642. The van der Waals surface area contributed by atoms with Gasteiger partial charge in [0, 0.05) is 10.9 Å². The van der Waals surface area contributed by atoms with Crippen LogP contribution in [0.2, 0.25) is 5.02 Å². The highest BCUT2D eigenvalue weighted by Gasteiger charge is 2.56. The van der Waals surface area contributed by atoms with Gasteiger partial charge in [-0.3, -0.25) is 0 Å². The molecule has 0 unspecified atom stereocenters. The summed E-state index contributed by atoms with van der Waals surface area (Å²) in [5.41, 5.74) is 1.48. The Morgan fingerprint density at radius 2 is 1.74 bits per heavy atom. The molecule has 2 atom stereocenters. The fourth-order valence-electron chi connectivity index (χ4n) is 2.61. The first-order valence-corrected chi connectivity index (χ1v) is 6.46. The van der Waals surface area contributed by atoms with Crippen molar-refractivity contribution in [3.63, 3.8) is 0 Å². The van der Waals surface area contributed by atoms with Crippen molar-refractivity contribution < 1.29 is 4.39 Å². The molecule has 0 amide bonds. The fourth-order valence-corrected chi connectivity index (χ4v) is 2.74. The van der Waals surface area contributed by atoms with E-state index >= 15 is 0 Å². The summed E-state index contributed by atoms with van der Waals surface area (Å²) >= 11 is 5.87. The second-order valence-corrected chi connectivity index (χ2v) is 5.33. The smallest absolute Gasteiger partial charge is 0.123 e. The van der Waals surface area contributed by atoms with E-state index in [1.807, 2.05) is 24.3 Å². The molecule has 1 aliphatic carbocycles. The molecule has 0 N–H and O–H groups in total. The molecule has 0 spiro atoms. The highest BCUT2D eigenvalue weighted by Crippen LogP contribution is 2.60. The summed E-state index contributed by atoms with van der Waals surface area (Å²) in [7, 11) is 0. The monoisotopic (exact) mass is 271 g/mol. The molecular formula is C16H11ClFN. The summed E-state index contributed by atoms with van der Waals surface area (Å²) in [4.78, 5) is 0. The van der Waals surface area contributed by atoms with E-state index in [2.05, 4.69) is 6.07 Å². The van der Waals surface area contributed by atoms with Crippen LogP contribution in [0.3, 0.4) is 0 Å². The lowest BCUT2D eigenvalue weighted by Crippen LogP contribution is -2.06. The van der Waals surface area contributed by atoms with Gasteiger partial charge in [0.05, 0.1) is 11.5 Å². The van der Waals surface area contributed by atoms with Gasteiger partial charge in [-0.2, -0.15) is 5.26 Å². The zero-order chi connectivity index (χ0) is 13.5. The summed E-state index contributed by atoms with van der Waals surface area (Å²) in [6.07, 6.45) is 0.775. The van der Waals surface area contributed by atoms with Gasteiger partial charge in [-0.15, -0.1) is 0 Å². The maximum absolute atomic E-state index is 13.0. The van der Waals surface area contributed by atoms with Crippen molar-refractivity contribution in [2.75, 3.05) is 0 Å². The van der Waals surface area contributed by atoms with Crippen molar-refractivity contribution in [3.05, 3.63) is 70.5 Å². The van der Waals surface area contributed by atoms with Crippen molar-refractivity contribution in [1.29, 1.82) is 5.26 Å². The van der Waals surface area contributed by atoms with E-state index in [0.717, 1.165) is 17.5 Å². The van der Waals surface area contributed by atoms with Crippen LogP contribution in [0, 0.1) is 17.1 Å². The number of benzene rings is 2. The van der Waals surface area contributed by atoms with Gasteiger partial charge in [0.2, 0.25) is 0 Å². The zero-order valence-corrected chi connectivity index (χ0v) is 10.9. The number of rotatable bonds is 2. The van der Waals surface area contributed by atoms with Crippen LogP contribution in [0.5, 0.6) is 0 Å². The Kier molecular flexibility index (Phi) is 2.80. The number of hydrogen-bond donors (Lipinski definition) is 0. The third-order valence-electron chi connectivity index (χ3n) is 3.79. The van der Waals surface area contributed by atoms with Crippen molar-refractivity contribution in [2.45, 2.75) is 17.8 Å². The molecular weight excluding hydrogens is 261 g/mol. The third kappa shape index (κ3) is 2.01. The number of halogens is 2. The van der Waals surface area contributed by atoms with E-state index in [1.54, 1.807) is 12.1 Å². The lowest BCUT2D eigenvalue weighted by Gasteiger charge is -2.09. The average molecular weight is 272 g/mol. The molecule has 1 nitrogen and oxygen atoms in total. The summed E-state index contributed by atoms with van der Waals surface area (Å²) in [5.74, 6) is -0.110. The number of nitrogens with zero attached hydrogens (tertiary/aromatic N) is 1. The van der Waals surface area contributed by atoms with Gasteiger partial charge in [0.25, 0.3) is 0 Å². The number of nitriles is 1. The van der Waals surface area contributed by atoms with Crippen molar-refractivity contribution >= 4 is 11.6 Å². The van der Waals surface area contributed by atoms with Gasteiger partial charge in [-0.25, -0.2) is 4.39 Å². The van der Waals surface area contributed by atoms with Crippen molar-refractivity contribution in [3.8, 4) is 6.07 Å². The Morgan fingerprint density at radius 3 is 2.32 bits per heavy atom. The molecule has 94 valence electrons. The predicted octanol–water partition coefficient (Wildman–Crippen LogP) is 4.43. The van der Waals surface area contributed by atoms with E-state index in [1.165, 1.54) is 12.1 Å². The molecule has 0 bridgehead atoms. The van der Waals surface area contributed by atoms with Gasteiger partial charge < -0.3 is 0 Å². The van der Waals surface area contributed by atoms with Gasteiger partial charge in [-0.1, -0.05) is 35.9 Å². The van der Waals surface area contributed by atoms with Crippen LogP contribution in [-0.2, 0) is 5.41 Å². The lowest BCUT2D eigenvalue weighted by molar-refractivity contribution is 0.626.